The van der Waals surface area contributed by atoms with Gasteiger partial charge in [0.1, 0.15) is 10.8 Å². The van der Waals surface area contributed by atoms with Gasteiger partial charge < -0.3 is 14.8 Å². The van der Waals surface area contributed by atoms with Gasteiger partial charge in [-0.15, -0.1) is 11.3 Å². The van der Waals surface area contributed by atoms with Gasteiger partial charge >= 0.3 is 5.97 Å². The van der Waals surface area contributed by atoms with Crippen molar-refractivity contribution in [3.63, 3.8) is 0 Å². The normalized spacial score (nSPS) is 13.4. The summed E-state index contributed by atoms with van der Waals surface area (Å²) in [5.74, 6) is -0.859. The summed E-state index contributed by atoms with van der Waals surface area (Å²) in [6.45, 7) is 3.59. The van der Waals surface area contributed by atoms with Crippen molar-refractivity contribution in [1.29, 1.82) is 0 Å². The fraction of sp³-hybridized carbons (Fsp3) is 0.286. The quantitative estimate of drug-likeness (QED) is 0.174. The Morgan fingerprint density at radius 1 is 1.08 bits per heavy atom. The summed E-state index contributed by atoms with van der Waals surface area (Å²) < 4.78 is 10.9. The lowest BCUT2D eigenvalue weighted by atomic mass is 9.95. The van der Waals surface area contributed by atoms with E-state index in [1.807, 2.05) is 0 Å². The van der Waals surface area contributed by atoms with Gasteiger partial charge in [0.15, 0.2) is 6.10 Å². The first-order valence-corrected chi connectivity index (χ1v) is 14.0. The van der Waals surface area contributed by atoms with Crippen molar-refractivity contribution in [2.75, 3.05) is 11.9 Å². The van der Waals surface area contributed by atoms with Crippen LogP contribution in [0.5, 0.6) is 5.75 Å². The maximum absolute atomic E-state index is 13.0. The molecule has 0 saturated heterocycles. The zero-order chi connectivity index (χ0) is 27.9. The predicted molar refractivity (Wildman–Crippen MR) is 154 cm³/mol. The molecule has 2 N–H and O–H groups in total. The summed E-state index contributed by atoms with van der Waals surface area (Å²) in [7, 11) is 0. The van der Waals surface area contributed by atoms with Gasteiger partial charge in [-0.2, -0.15) is 5.10 Å². The molecule has 0 unspecified atom stereocenters. The van der Waals surface area contributed by atoms with Gasteiger partial charge in [0, 0.05) is 16.0 Å². The van der Waals surface area contributed by atoms with Crippen molar-refractivity contribution in [1.82, 2.24) is 5.43 Å². The number of halogens is 2. The minimum atomic E-state index is -0.867. The molecule has 2 aromatic carbocycles. The molecule has 1 aliphatic carbocycles. The van der Waals surface area contributed by atoms with Crippen LogP contribution in [0.4, 0.5) is 5.00 Å². The Balaban J connectivity index is 1.37. The molecule has 0 saturated carbocycles. The Labute approximate surface area is 240 Å². The first kappa shape index (κ1) is 28.6. The van der Waals surface area contributed by atoms with E-state index >= 15 is 0 Å². The summed E-state index contributed by atoms with van der Waals surface area (Å²) in [6, 6.07) is 11.4. The van der Waals surface area contributed by atoms with E-state index in [0.717, 1.165) is 36.1 Å². The van der Waals surface area contributed by atoms with Crippen molar-refractivity contribution in [2.45, 2.75) is 45.6 Å². The van der Waals surface area contributed by atoms with E-state index in [0.29, 0.717) is 37.5 Å². The third-order valence-electron chi connectivity index (χ3n) is 6.04. The number of fused-ring (bicyclic) bond motifs is 1. The number of hydrazone groups is 1. The molecule has 0 spiro atoms. The molecule has 2 amide bonds. The molecule has 204 valence electrons. The van der Waals surface area contributed by atoms with Crippen LogP contribution in [0, 0.1) is 0 Å². The van der Waals surface area contributed by atoms with E-state index < -0.39 is 18.0 Å². The first-order chi connectivity index (χ1) is 18.8. The molecule has 11 heteroatoms. The number of nitrogens with zero attached hydrogens (tertiary/aromatic N) is 1. The Hall–Kier alpha value is -3.40. The molecule has 3 aromatic rings. The number of carbonyl (C=O) groups is 3. The van der Waals surface area contributed by atoms with Crippen LogP contribution >= 0.6 is 34.5 Å². The van der Waals surface area contributed by atoms with Gasteiger partial charge in [-0.05, 0) is 81.5 Å². The molecule has 4 rings (SSSR count). The molecule has 0 bridgehead atoms. The van der Waals surface area contributed by atoms with Crippen LogP contribution in [0.3, 0.4) is 0 Å². The van der Waals surface area contributed by atoms with Crippen LogP contribution in [0.2, 0.25) is 10.0 Å². The van der Waals surface area contributed by atoms with Crippen LogP contribution in [-0.4, -0.2) is 36.7 Å². The van der Waals surface area contributed by atoms with Gasteiger partial charge in [-0.1, -0.05) is 29.3 Å². The summed E-state index contributed by atoms with van der Waals surface area (Å²) in [5, 5.41) is 8.11. The standard InChI is InChI=1S/C28H27Cl2N3O5S/c1-3-37-28(36)24-19-7-4-5-10-23(19)39-27(24)32-26(35)17-11-13-18(14-12-17)38-16(2)25(34)33-31-15-20-21(29)8-6-9-22(20)30/h6,8-9,11-16H,3-5,7,10H2,1-2H3,(H,32,35)(H,33,34)/b31-15-/t16-/m0/s1. The van der Waals surface area contributed by atoms with Crippen LogP contribution in [0.1, 0.15) is 63.4 Å². The summed E-state index contributed by atoms with van der Waals surface area (Å²) in [5.41, 5.74) is 4.70. The molecule has 0 radical (unpaired) electrons. The lowest BCUT2D eigenvalue weighted by molar-refractivity contribution is -0.127. The lowest BCUT2D eigenvalue weighted by Crippen LogP contribution is -2.33. The third-order valence-corrected chi connectivity index (χ3v) is 7.91. The Bertz CT molecular complexity index is 1380. The fourth-order valence-corrected chi connectivity index (χ4v) is 5.84. The minimum Gasteiger partial charge on any atom is -0.481 e. The van der Waals surface area contributed by atoms with Crippen molar-refractivity contribution in [3.05, 3.63) is 79.6 Å². The Kier molecular flexibility index (Phi) is 9.61. The number of benzene rings is 2. The average Bonchev–Trinajstić information content (AvgIpc) is 3.28. The van der Waals surface area contributed by atoms with Gasteiger partial charge in [-0.25, -0.2) is 10.2 Å². The highest BCUT2D eigenvalue weighted by Crippen LogP contribution is 2.39. The number of hydrogen-bond acceptors (Lipinski definition) is 7. The molecular formula is C28H27Cl2N3O5S. The summed E-state index contributed by atoms with van der Waals surface area (Å²) in [4.78, 5) is 39.1. The Morgan fingerprint density at radius 3 is 2.46 bits per heavy atom. The number of amides is 2. The maximum Gasteiger partial charge on any atom is 0.341 e. The second kappa shape index (κ2) is 13.1. The first-order valence-electron chi connectivity index (χ1n) is 12.4. The number of thiophene rings is 1. The third kappa shape index (κ3) is 6.98. The Morgan fingerprint density at radius 2 is 1.77 bits per heavy atom. The molecule has 1 atom stereocenters. The highest BCUT2D eigenvalue weighted by molar-refractivity contribution is 7.17. The number of ether oxygens (including phenoxy) is 2. The van der Waals surface area contributed by atoms with Crippen LogP contribution in [0.15, 0.2) is 47.6 Å². The van der Waals surface area contributed by atoms with Gasteiger partial charge in [0.25, 0.3) is 11.8 Å². The number of rotatable bonds is 9. The smallest absolute Gasteiger partial charge is 0.341 e. The van der Waals surface area contributed by atoms with Crippen molar-refractivity contribution >= 4 is 63.5 Å². The zero-order valence-corrected chi connectivity index (χ0v) is 23.7. The van der Waals surface area contributed by atoms with Crippen LogP contribution < -0.4 is 15.5 Å². The fourth-order valence-electron chi connectivity index (χ4n) is 4.08. The number of anilines is 1. The lowest BCUT2D eigenvalue weighted by Gasteiger charge is -2.13. The van der Waals surface area contributed by atoms with Crippen LogP contribution in [-0.2, 0) is 22.4 Å². The van der Waals surface area contributed by atoms with E-state index in [2.05, 4.69) is 15.8 Å². The van der Waals surface area contributed by atoms with Crippen molar-refractivity contribution < 1.29 is 23.9 Å². The number of nitrogens with one attached hydrogen (secondary N) is 2. The topological polar surface area (TPSA) is 106 Å². The van der Waals surface area contributed by atoms with E-state index in [1.165, 1.54) is 17.6 Å². The molecular weight excluding hydrogens is 561 g/mol. The van der Waals surface area contributed by atoms with E-state index in [9.17, 15) is 14.4 Å². The maximum atomic E-state index is 13.0. The molecule has 1 aromatic heterocycles. The zero-order valence-electron chi connectivity index (χ0n) is 21.4. The highest BCUT2D eigenvalue weighted by Gasteiger charge is 2.27. The minimum absolute atomic E-state index is 0.261. The number of hydrogen-bond donors (Lipinski definition) is 2. The highest BCUT2D eigenvalue weighted by atomic mass is 35.5. The average molecular weight is 589 g/mol. The van der Waals surface area contributed by atoms with Crippen LogP contribution in [0.25, 0.3) is 0 Å². The largest absolute Gasteiger partial charge is 0.481 e. The second-order valence-corrected chi connectivity index (χ2v) is 10.7. The van der Waals surface area contributed by atoms with E-state index in [-0.39, 0.29) is 12.5 Å². The molecule has 1 heterocycles. The SMILES string of the molecule is CCOC(=O)c1c(NC(=O)c2ccc(O[C@@H](C)C(=O)N/N=C\c3c(Cl)cccc3Cl)cc2)sc2c1CCCC2. The number of esters is 1. The van der Waals surface area contributed by atoms with E-state index in [4.69, 9.17) is 32.7 Å². The van der Waals surface area contributed by atoms with Crippen molar-refractivity contribution in [3.8, 4) is 5.75 Å². The monoisotopic (exact) mass is 587 g/mol. The van der Waals surface area contributed by atoms with Gasteiger partial charge in [-0.3, -0.25) is 9.59 Å². The summed E-state index contributed by atoms with van der Waals surface area (Å²) in [6.07, 6.45) is 4.24. The number of aryl methyl sites for hydroxylation is 1. The molecule has 0 fully saturated rings. The molecule has 8 nitrogen and oxygen atoms in total. The second-order valence-electron chi connectivity index (χ2n) is 8.74. The molecule has 39 heavy (non-hydrogen) atoms. The predicted octanol–water partition coefficient (Wildman–Crippen LogP) is 6.28. The van der Waals surface area contributed by atoms with E-state index in [1.54, 1.807) is 56.3 Å². The summed E-state index contributed by atoms with van der Waals surface area (Å²) >= 11 is 13.6. The molecule has 1 aliphatic rings. The van der Waals surface area contributed by atoms with Gasteiger partial charge in [0.05, 0.1) is 28.4 Å². The number of carbonyl (C=O) groups excluding carboxylic acids is 3. The molecule has 0 aliphatic heterocycles. The van der Waals surface area contributed by atoms with Crippen molar-refractivity contribution in [2.24, 2.45) is 5.10 Å². The van der Waals surface area contributed by atoms with Gasteiger partial charge in [0.2, 0.25) is 0 Å².